The maximum absolute atomic E-state index is 12.0. The first-order chi connectivity index (χ1) is 10.0. The Labute approximate surface area is 128 Å². The van der Waals surface area contributed by atoms with Crippen LogP contribution in [-0.2, 0) is 16.0 Å². The molecule has 2 heterocycles. The molecule has 0 aromatic carbocycles. The minimum Gasteiger partial charge on any atom is -0.352 e. The van der Waals surface area contributed by atoms with Gasteiger partial charge in [0.15, 0.2) is 5.13 Å². The highest BCUT2D eigenvalue weighted by molar-refractivity contribution is 7.13. The predicted molar refractivity (Wildman–Crippen MR) is 83.3 cm³/mol. The summed E-state index contributed by atoms with van der Waals surface area (Å²) in [6.45, 7) is 5.51. The van der Waals surface area contributed by atoms with Crippen LogP contribution in [0.25, 0.3) is 0 Å². The fraction of sp³-hybridized carbons (Fsp3) is 0.643. The molecule has 116 valence electrons. The van der Waals surface area contributed by atoms with Crippen molar-refractivity contribution in [1.29, 1.82) is 0 Å². The molecular formula is C14H22N4O2S. The van der Waals surface area contributed by atoms with E-state index in [0.29, 0.717) is 10.8 Å². The normalized spacial score (nSPS) is 18.5. The van der Waals surface area contributed by atoms with E-state index in [1.54, 1.807) is 0 Å². The Bertz CT molecular complexity index is 495. The fourth-order valence-electron chi connectivity index (χ4n) is 2.11. The van der Waals surface area contributed by atoms with Crippen molar-refractivity contribution in [3.63, 3.8) is 0 Å². The summed E-state index contributed by atoms with van der Waals surface area (Å²) >= 11 is 1.35. The largest absolute Gasteiger partial charge is 0.352 e. The van der Waals surface area contributed by atoms with Gasteiger partial charge in [-0.15, -0.1) is 11.3 Å². The zero-order valence-corrected chi connectivity index (χ0v) is 13.3. The maximum Gasteiger partial charge on any atom is 0.228 e. The highest BCUT2D eigenvalue weighted by Crippen LogP contribution is 2.16. The standard InChI is InChI=1S/C14H22N4O2S/c1-9(2)13(20)18-14-17-11(8-21-14)6-12(19)16-10-4-3-5-15-7-10/h8-10,15H,3-7H2,1-2H3,(H,16,19)(H,17,18,20)/t10-/m0/s1. The van der Waals surface area contributed by atoms with Crippen molar-refractivity contribution in [3.8, 4) is 0 Å². The lowest BCUT2D eigenvalue weighted by atomic mass is 10.1. The number of rotatable bonds is 5. The van der Waals surface area contributed by atoms with Crippen LogP contribution >= 0.6 is 11.3 Å². The molecule has 21 heavy (non-hydrogen) atoms. The summed E-state index contributed by atoms with van der Waals surface area (Å²) in [7, 11) is 0. The van der Waals surface area contributed by atoms with Gasteiger partial charge in [-0.3, -0.25) is 9.59 Å². The van der Waals surface area contributed by atoms with Crippen LogP contribution < -0.4 is 16.0 Å². The first kappa shape index (κ1) is 15.9. The number of carbonyl (C=O) groups is 2. The molecule has 0 aliphatic carbocycles. The number of hydrogen-bond acceptors (Lipinski definition) is 5. The van der Waals surface area contributed by atoms with Gasteiger partial charge in [0.2, 0.25) is 11.8 Å². The Hall–Kier alpha value is -1.47. The van der Waals surface area contributed by atoms with Crippen LogP contribution in [-0.4, -0.2) is 35.9 Å². The molecule has 1 aromatic rings. The number of hydrogen-bond donors (Lipinski definition) is 3. The van der Waals surface area contributed by atoms with Crippen molar-refractivity contribution < 1.29 is 9.59 Å². The molecule has 1 aromatic heterocycles. The van der Waals surface area contributed by atoms with E-state index in [4.69, 9.17) is 0 Å². The lowest BCUT2D eigenvalue weighted by Crippen LogP contribution is -2.46. The average molecular weight is 310 g/mol. The van der Waals surface area contributed by atoms with Crippen molar-refractivity contribution in [2.24, 2.45) is 5.92 Å². The third kappa shape index (κ3) is 5.09. The van der Waals surface area contributed by atoms with Gasteiger partial charge in [-0.05, 0) is 19.4 Å². The van der Waals surface area contributed by atoms with Gasteiger partial charge in [0.1, 0.15) is 0 Å². The summed E-state index contributed by atoms with van der Waals surface area (Å²) in [5, 5.41) is 11.4. The van der Waals surface area contributed by atoms with Crippen molar-refractivity contribution in [2.45, 2.75) is 39.2 Å². The van der Waals surface area contributed by atoms with Crippen molar-refractivity contribution in [3.05, 3.63) is 11.1 Å². The van der Waals surface area contributed by atoms with E-state index < -0.39 is 0 Å². The second-order valence-corrected chi connectivity index (χ2v) is 6.43. The van der Waals surface area contributed by atoms with Gasteiger partial charge >= 0.3 is 0 Å². The number of piperidine rings is 1. The molecule has 3 N–H and O–H groups in total. The Balaban J connectivity index is 1.81. The number of aromatic nitrogens is 1. The molecule has 6 nitrogen and oxygen atoms in total. The highest BCUT2D eigenvalue weighted by Gasteiger charge is 2.16. The zero-order chi connectivity index (χ0) is 15.2. The van der Waals surface area contributed by atoms with Gasteiger partial charge < -0.3 is 16.0 Å². The monoisotopic (exact) mass is 310 g/mol. The summed E-state index contributed by atoms with van der Waals surface area (Å²) < 4.78 is 0. The molecule has 1 atom stereocenters. The maximum atomic E-state index is 12.0. The lowest BCUT2D eigenvalue weighted by Gasteiger charge is -2.23. The molecule has 1 saturated heterocycles. The Morgan fingerprint density at radius 2 is 2.33 bits per heavy atom. The predicted octanol–water partition coefficient (Wildman–Crippen LogP) is 1.15. The van der Waals surface area contributed by atoms with E-state index in [2.05, 4.69) is 20.9 Å². The fourth-order valence-corrected chi connectivity index (χ4v) is 2.83. The van der Waals surface area contributed by atoms with Crippen LogP contribution in [0.1, 0.15) is 32.4 Å². The summed E-state index contributed by atoms with van der Waals surface area (Å²) in [6, 6.07) is 0.213. The van der Waals surface area contributed by atoms with Crippen LogP contribution in [0.5, 0.6) is 0 Å². The third-order valence-corrected chi connectivity index (χ3v) is 4.12. The van der Waals surface area contributed by atoms with Gasteiger partial charge in [0, 0.05) is 23.9 Å². The topological polar surface area (TPSA) is 83.1 Å². The average Bonchev–Trinajstić information content (AvgIpc) is 2.86. The second kappa shape index (κ2) is 7.51. The van der Waals surface area contributed by atoms with Crippen molar-refractivity contribution >= 4 is 28.3 Å². The Morgan fingerprint density at radius 1 is 1.52 bits per heavy atom. The summed E-state index contributed by atoms with van der Waals surface area (Å²) in [5.41, 5.74) is 0.695. The first-order valence-electron chi connectivity index (χ1n) is 7.30. The van der Waals surface area contributed by atoms with Gasteiger partial charge in [0.05, 0.1) is 12.1 Å². The van der Waals surface area contributed by atoms with Crippen LogP contribution in [0.15, 0.2) is 5.38 Å². The number of nitrogens with zero attached hydrogens (tertiary/aromatic N) is 1. The molecule has 0 saturated carbocycles. The van der Waals surface area contributed by atoms with Crippen LogP contribution in [0.3, 0.4) is 0 Å². The molecule has 1 fully saturated rings. The molecule has 2 rings (SSSR count). The molecule has 0 unspecified atom stereocenters. The molecule has 0 spiro atoms. The summed E-state index contributed by atoms with van der Waals surface area (Å²) in [6.07, 6.45) is 2.36. The second-order valence-electron chi connectivity index (χ2n) is 5.58. The molecular weight excluding hydrogens is 288 g/mol. The molecule has 2 amide bonds. The molecule has 7 heteroatoms. The van der Waals surface area contributed by atoms with Gasteiger partial charge in [-0.1, -0.05) is 13.8 Å². The molecule has 1 aliphatic rings. The number of thiazole rings is 1. The quantitative estimate of drug-likeness (QED) is 0.762. The zero-order valence-electron chi connectivity index (χ0n) is 12.4. The first-order valence-corrected chi connectivity index (χ1v) is 8.18. The number of nitrogens with one attached hydrogen (secondary N) is 3. The summed E-state index contributed by atoms with van der Waals surface area (Å²) in [4.78, 5) is 27.8. The van der Waals surface area contributed by atoms with Crippen LogP contribution in [0.4, 0.5) is 5.13 Å². The number of amides is 2. The Morgan fingerprint density at radius 3 is 3.00 bits per heavy atom. The summed E-state index contributed by atoms with van der Waals surface area (Å²) in [5.74, 6) is -0.163. The number of carbonyl (C=O) groups excluding carboxylic acids is 2. The van der Waals surface area contributed by atoms with Gasteiger partial charge in [0.25, 0.3) is 0 Å². The lowest BCUT2D eigenvalue weighted by molar-refractivity contribution is -0.121. The van der Waals surface area contributed by atoms with E-state index in [9.17, 15) is 9.59 Å². The van der Waals surface area contributed by atoms with E-state index >= 15 is 0 Å². The molecule has 0 radical (unpaired) electrons. The van der Waals surface area contributed by atoms with Crippen LogP contribution in [0, 0.1) is 5.92 Å². The number of anilines is 1. The minimum absolute atomic E-state index is 0.0178. The smallest absolute Gasteiger partial charge is 0.228 e. The van der Waals surface area contributed by atoms with Gasteiger partial charge in [-0.2, -0.15) is 0 Å². The Kier molecular flexibility index (Phi) is 5.69. The van der Waals surface area contributed by atoms with Crippen molar-refractivity contribution in [2.75, 3.05) is 18.4 Å². The molecule has 0 bridgehead atoms. The minimum atomic E-state index is -0.0838. The van der Waals surface area contributed by atoms with Crippen LogP contribution in [0.2, 0.25) is 0 Å². The third-order valence-electron chi connectivity index (χ3n) is 3.31. The SMILES string of the molecule is CC(C)C(=O)Nc1nc(CC(=O)N[C@H]2CCCNC2)cs1. The van der Waals surface area contributed by atoms with E-state index in [0.717, 1.165) is 25.9 Å². The van der Waals surface area contributed by atoms with E-state index in [1.807, 2.05) is 19.2 Å². The van der Waals surface area contributed by atoms with E-state index in [-0.39, 0.29) is 30.2 Å². The highest BCUT2D eigenvalue weighted by atomic mass is 32.1. The van der Waals surface area contributed by atoms with Gasteiger partial charge in [-0.25, -0.2) is 4.98 Å². The van der Waals surface area contributed by atoms with Crippen molar-refractivity contribution in [1.82, 2.24) is 15.6 Å². The van der Waals surface area contributed by atoms with E-state index in [1.165, 1.54) is 11.3 Å². The molecule has 1 aliphatic heterocycles.